The van der Waals surface area contributed by atoms with E-state index in [-0.39, 0.29) is 0 Å². The summed E-state index contributed by atoms with van der Waals surface area (Å²) in [5.41, 5.74) is 0.173. The maximum atomic E-state index is 13.5. The average molecular weight is 196 g/mol. The van der Waals surface area contributed by atoms with E-state index in [9.17, 15) is 9.50 Å². The third-order valence-electron chi connectivity index (χ3n) is 2.44. The van der Waals surface area contributed by atoms with Gasteiger partial charge in [-0.05, 0) is 25.5 Å². The molecule has 0 aromatic heterocycles. The van der Waals surface area contributed by atoms with Crippen LogP contribution >= 0.6 is 0 Å². The number of halogens is 1. The molecule has 76 valence electrons. The van der Waals surface area contributed by atoms with E-state index in [4.69, 9.17) is 4.74 Å². The highest BCUT2D eigenvalue weighted by atomic mass is 19.1. The first-order chi connectivity index (χ1) is 6.48. The molecule has 1 aliphatic rings. The molecule has 2 rings (SSSR count). The Hall–Kier alpha value is -1.09. The van der Waals surface area contributed by atoms with Crippen molar-refractivity contribution in [2.45, 2.75) is 25.9 Å². The maximum absolute atomic E-state index is 13.5. The first-order valence-electron chi connectivity index (χ1n) is 4.66. The second kappa shape index (κ2) is 2.95. The third-order valence-corrected chi connectivity index (χ3v) is 2.44. The molecule has 0 saturated heterocycles. The van der Waals surface area contributed by atoms with Gasteiger partial charge in [-0.15, -0.1) is 0 Å². The molecule has 1 aliphatic heterocycles. The summed E-state index contributed by atoms with van der Waals surface area (Å²) >= 11 is 0. The normalized spacial score (nSPS) is 15.1. The van der Waals surface area contributed by atoms with Gasteiger partial charge in [0, 0.05) is 18.1 Å². The largest absolute Gasteiger partial charge is 0.493 e. The van der Waals surface area contributed by atoms with E-state index < -0.39 is 11.4 Å². The van der Waals surface area contributed by atoms with Gasteiger partial charge in [0.1, 0.15) is 11.6 Å². The number of ether oxygens (including phenoxy) is 1. The van der Waals surface area contributed by atoms with Gasteiger partial charge in [-0.1, -0.05) is 0 Å². The van der Waals surface area contributed by atoms with Crippen molar-refractivity contribution in [3.05, 3.63) is 29.1 Å². The summed E-state index contributed by atoms with van der Waals surface area (Å²) in [5, 5.41) is 9.72. The van der Waals surface area contributed by atoms with E-state index in [1.54, 1.807) is 19.9 Å². The first kappa shape index (κ1) is 9.46. The summed E-state index contributed by atoms with van der Waals surface area (Å²) in [6.45, 7) is 3.76. The van der Waals surface area contributed by atoms with E-state index in [0.717, 1.165) is 12.0 Å². The zero-order chi connectivity index (χ0) is 10.3. The minimum absolute atomic E-state index is 0.335. The fraction of sp³-hybridized carbons (Fsp3) is 0.455. The molecular formula is C11H13FO2. The highest BCUT2D eigenvalue weighted by Gasteiger charge is 2.24. The van der Waals surface area contributed by atoms with Crippen LogP contribution in [0.4, 0.5) is 4.39 Å². The van der Waals surface area contributed by atoms with Gasteiger partial charge in [0.25, 0.3) is 0 Å². The van der Waals surface area contributed by atoms with E-state index in [2.05, 4.69) is 0 Å². The zero-order valence-electron chi connectivity index (χ0n) is 8.30. The molecule has 0 saturated carbocycles. The van der Waals surface area contributed by atoms with Crippen LogP contribution < -0.4 is 4.74 Å². The molecule has 3 heteroatoms. The van der Waals surface area contributed by atoms with Gasteiger partial charge in [0.05, 0.1) is 12.2 Å². The second-order valence-electron chi connectivity index (χ2n) is 4.10. The Labute approximate surface area is 82.3 Å². The molecule has 1 aromatic carbocycles. The summed E-state index contributed by atoms with van der Waals surface area (Å²) in [6.07, 6.45) is 0.790. The molecule has 2 nitrogen and oxygen atoms in total. The molecule has 0 unspecified atom stereocenters. The van der Waals surface area contributed by atoms with Crippen molar-refractivity contribution in [3.63, 3.8) is 0 Å². The summed E-state index contributed by atoms with van der Waals surface area (Å²) < 4.78 is 18.7. The highest BCUT2D eigenvalue weighted by molar-refractivity contribution is 5.42. The second-order valence-corrected chi connectivity index (χ2v) is 4.10. The van der Waals surface area contributed by atoms with Gasteiger partial charge in [0.2, 0.25) is 0 Å². The van der Waals surface area contributed by atoms with Crippen LogP contribution in [-0.2, 0) is 12.0 Å². The molecule has 1 heterocycles. The van der Waals surface area contributed by atoms with Crippen molar-refractivity contribution in [2.75, 3.05) is 6.61 Å². The van der Waals surface area contributed by atoms with Gasteiger partial charge in [-0.25, -0.2) is 4.39 Å². The monoisotopic (exact) mass is 196 g/mol. The lowest BCUT2D eigenvalue weighted by Crippen LogP contribution is -2.17. The van der Waals surface area contributed by atoms with Crippen molar-refractivity contribution >= 4 is 0 Å². The molecule has 0 radical (unpaired) electrons. The molecule has 0 bridgehead atoms. The molecule has 0 aliphatic carbocycles. The Bertz CT molecular complexity index is 366. The molecule has 0 fully saturated rings. The Morgan fingerprint density at radius 1 is 1.43 bits per heavy atom. The van der Waals surface area contributed by atoms with E-state index in [1.165, 1.54) is 6.07 Å². The van der Waals surface area contributed by atoms with Crippen molar-refractivity contribution in [1.82, 2.24) is 0 Å². The maximum Gasteiger partial charge on any atom is 0.132 e. The number of hydrogen-bond donors (Lipinski definition) is 1. The summed E-state index contributed by atoms with van der Waals surface area (Å²) in [7, 11) is 0. The zero-order valence-corrected chi connectivity index (χ0v) is 8.30. The summed E-state index contributed by atoms with van der Waals surface area (Å²) in [5.74, 6) is 0.202. The molecular weight excluding hydrogens is 183 g/mol. The van der Waals surface area contributed by atoms with Crippen LogP contribution in [0, 0.1) is 5.82 Å². The fourth-order valence-electron chi connectivity index (χ4n) is 1.67. The number of rotatable bonds is 1. The quantitative estimate of drug-likeness (QED) is 0.744. The van der Waals surface area contributed by atoms with Gasteiger partial charge in [-0.2, -0.15) is 0 Å². The molecule has 1 aromatic rings. The molecule has 14 heavy (non-hydrogen) atoms. The van der Waals surface area contributed by atoms with Crippen molar-refractivity contribution in [1.29, 1.82) is 0 Å². The van der Waals surface area contributed by atoms with Crippen molar-refractivity contribution in [2.24, 2.45) is 0 Å². The first-order valence-corrected chi connectivity index (χ1v) is 4.66. The summed E-state index contributed by atoms with van der Waals surface area (Å²) in [6, 6.07) is 3.05. The van der Waals surface area contributed by atoms with Gasteiger partial charge in [0.15, 0.2) is 0 Å². The summed E-state index contributed by atoms with van der Waals surface area (Å²) in [4.78, 5) is 0. The van der Waals surface area contributed by atoms with Crippen LogP contribution in [0.15, 0.2) is 12.1 Å². The molecule has 0 spiro atoms. The number of hydrogen-bond acceptors (Lipinski definition) is 2. The Morgan fingerprint density at radius 2 is 2.14 bits per heavy atom. The number of benzene rings is 1. The topological polar surface area (TPSA) is 29.5 Å². The van der Waals surface area contributed by atoms with E-state index >= 15 is 0 Å². The van der Waals surface area contributed by atoms with Crippen LogP contribution in [0.2, 0.25) is 0 Å². The SMILES string of the molecule is CC(C)(O)c1cc2c(cc1F)OCC2. The lowest BCUT2D eigenvalue weighted by Gasteiger charge is -2.19. The minimum atomic E-state index is -1.14. The van der Waals surface area contributed by atoms with Gasteiger partial charge < -0.3 is 9.84 Å². The molecule has 1 N–H and O–H groups in total. The number of aliphatic hydroxyl groups is 1. The molecule has 0 amide bonds. The molecule has 0 atom stereocenters. The highest BCUT2D eigenvalue weighted by Crippen LogP contribution is 2.32. The van der Waals surface area contributed by atoms with Gasteiger partial charge in [-0.3, -0.25) is 0 Å². The fourth-order valence-corrected chi connectivity index (χ4v) is 1.67. The van der Waals surface area contributed by atoms with Crippen LogP contribution in [0.3, 0.4) is 0 Å². The van der Waals surface area contributed by atoms with E-state index in [1.807, 2.05) is 0 Å². The standard InChI is InChI=1S/C11H13FO2/c1-11(2,13)8-5-7-3-4-14-10(7)6-9(8)12/h5-6,13H,3-4H2,1-2H3. The Morgan fingerprint density at radius 3 is 2.79 bits per heavy atom. The van der Waals surface area contributed by atoms with Gasteiger partial charge >= 0.3 is 0 Å². The van der Waals surface area contributed by atoms with E-state index in [0.29, 0.717) is 17.9 Å². The van der Waals surface area contributed by atoms with Crippen molar-refractivity contribution in [3.8, 4) is 5.75 Å². The van der Waals surface area contributed by atoms with Crippen LogP contribution in [-0.4, -0.2) is 11.7 Å². The third kappa shape index (κ3) is 1.48. The average Bonchev–Trinajstić information content (AvgIpc) is 2.47. The lowest BCUT2D eigenvalue weighted by atomic mass is 9.95. The Kier molecular flexibility index (Phi) is 2.00. The van der Waals surface area contributed by atoms with Crippen molar-refractivity contribution < 1.29 is 14.2 Å². The van der Waals surface area contributed by atoms with Crippen LogP contribution in [0.25, 0.3) is 0 Å². The minimum Gasteiger partial charge on any atom is -0.493 e. The van der Waals surface area contributed by atoms with Crippen LogP contribution in [0.1, 0.15) is 25.0 Å². The lowest BCUT2D eigenvalue weighted by molar-refractivity contribution is 0.0744. The number of fused-ring (bicyclic) bond motifs is 1. The predicted octanol–water partition coefficient (Wildman–Crippen LogP) is 1.99. The predicted molar refractivity (Wildman–Crippen MR) is 50.8 cm³/mol. The van der Waals surface area contributed by atoms with Crippen LogP contribution in [0.5, 0.6) is 5.75 Å². The smallest absolute Gasteiger partial charge is 0.132 e. The Balaban J connectivity index is 2.53.